The Morgan fingerprint density at radius 1 is 1.33 bits per heavy atom. The number of likely N-dealkylation sites (N-methyl/N-ethyl adjacent to an activating group) is 1. The number of carbonyl (C=O) groups is 1. The molecule has 0 N–H and O–H groups in total. The molecule has 0 fully saturated rings. The van der Waals surface area contributed by atoms with Gasteiger partial charge in [0.1, 0.15) is 6.54 Å². The monoisotopic (exact) mass is 274 g/mol. The van der Waals surface area contributed by atoms with Crippen LogP contribution in [0.5, 0.6) is 0 Å². The van der Waals surface area contributed by atoms with E-state index in [1.165, 1.54) is 0 Å². The fourth-order valence-corrected chi connectivity index (χ4v) is 1.36. The molecule has 1 aliphatic rings. The third-order valence-electron chi connectivity index (χ3n) is 2.18. The quantitative estimate of drug-likeness (QED) is 0.534. The highest BCUT2D eigenvalue weighted by Crippen LogP contribution is 2.08. The van der Waals surface area contributed by atoms with Crippen LogP contribution in [0.1, 0.15) is 13.8 Å². The molecule has 5 heteroatoms. The summed E-state index contributed by atoms with van der Waals surface area (Å²) in [7, 11) is 1.89. The van der Waals surface area contributed by atoms with Crippen LogP contribution in [0, 0.1) is 6.67 Å². The second-order valence-corrected chi connectivity index (χ2v) is 3.20. The fourth-order valence-electron chi connectivity index (χ4n) is 1.36. The Kier molecular flexibility index (Phi) is 6.24. The van der Waals surface area contributed by atoms with E-state index >= 15 is 0 Å². The minimum absolute atomic E-state index is 0. The van der Waals surface area contributed by atoms with Gasteiger partial charge in [-0.15, -0.1) is 9.80 Å². The van der Waals surface area contributed by atoms with Crippen molar-refractivity contribution in [3.63, 3.8) is 0 Å². The number of amides is 1. The predicted molar refractivity (Wildman–Crippen MR) is 54.8 cm³/mol. The molecular weight excluding hydrogens is 258 g/mol. The summed E-state index contributed by atoms with van der Waals surface area (Å²) in [6.07, 6.45) is 3.72. The van der Waals surface area contributed by atoms with E-state index < -0.39 is 0 Å². The molecule has 1 heterocycles. The van der Waals surface area contributed by atoms with Crippen LogP contribution in [-0.2, 0) is 4.79 Å². The van der Waals surface area contributed by atoms with E-state index in [0.717, 1.165) is 13.1 Å². The van der Waals surface area contributed by atoms with Crippen LogP contribution < -0.4 is 17.0 Å². The third kappa shape index (κ3) is 4.03. The van der Waals surface area contributed by atoms with Crippen molar-refractivity contribution >= 4 is 5.91 Å². The van der Waals surface area contributed by atoms with Gasteiger partial charge in [0.25, 0.3) is 0 Å². The van der Waals surface area contributed by atoms with E-state index in [-0.39, 0.29) is 22.9 Å². The zero-order valence-corrected chi connectivity index (χ0v) is 11.0. The van der Waals surface area contributed by atoms with Crippen LogP contribution in [0.15, 0.2) is 12.4 Å². The lowest BCUT2D eigenvalue weighted by molar-refractivity contribution is -0.131. The molecule has 0 atom stereocenters. The summed E-state index contributed by atoms with van der Waals surface area (Å²) in [4.78, 5) is 17.0. The molecule has 0 saturated carbocycles. The van der Waals surface area contributed by atoms with Crippen LogP contribution in [0.3, 0.4) is 0 Å². The number of hydrogen-bond donors (Lipinski definition) is 0. The summed E-state index contributed by atoms with van der Waals surface area (Å²) in [6, 6.07) is 0. The molecule has 1 radical (unpaired) electrons. The van der Waals surface area contributed by atoms with Crippen LogP contribution in [0.4, 0.5) is 0 Å². The normalized spacial score (nSPS) is 13.5. The maximum atomic E-state index is 11.7. The summed E-state index contributed by atoms with van der Waals surface area (Å²) in [6.45, 7) is 8.88. The Bertz CT molecular complexity index is 229. The minimum atomic E-state index is 0. The molecule has 1 amide bonds. The van der Waals surface area contributed by atoms with Crippen molar-refractivity contribution in [3.05, 3.63) is 19.1 Å². The topological polar surface area (TPSA) is 26.8 Å². The molecule has 1 aliphatic heterocycles. The largest absolute Gasteiger partial charge is 1.00 e. The first-order chi connectivity index (χ1) is 6.67. The highest BCUT2D eigenvalue weighted by atomic mass is 79.9. The lowest BCUT2D eigenvalue weighted by Crippen LogP contribution is -3.00. The zero-order valence-electron chi connectivity index (χ0n) is 9.40. The van der Waals surface area contributed by atoms with Crippen molar-refractivity contribution in [2.45, 2.75) is 13.8 Å². The Hall–Kier alpha value is -0.840. The van der Waals surface area contributed by atoms with Crippen LogP contribution in [0.2, 0.25) is 0 Å². The molecule has 4 nitrogen and oxygen atoms in total. The zero-order chi connectivity index (χ0) is 10.6. The van der Waals surface area contributed by atoms with Gasteiger partial charge < -0.3 is 21.9 Å². The summed E-state index contributed by atoms with van der Waals surface area (Å²) in [5.74, 6) is 0.141. The van der Waals surface area contributed by atoms with E-state index in [0.29, 0.717) is 6.54 Å². The Labute approximate surface area is 102 Å². The third-order valence-corrected chi connectivity index (χ3v) is 2.18. The Morgan fingerprint density at radius 2 is 1.93 bits per heavy atom. The Morgan fingerprint density at radius 3 is 2.33 bits per heavy atom. The van der Waals surface area contributed by atoms with Gasteiger partial charge in [-0.25, -0.2) is 0 Å². The molecule has 1 rings (SSSR count). The summed E-state index contributed by atoms with van der Waals surface area (Å²) in [5, 5.41) is 0. The smallest absolute Gasteiger partial charge is 0.564 e. The molecule has 0 bridgehead atoms. The van der Waals surface area contributed by atoms with E-state index in [1.54, 1.807) is 9.80 Å². The van der Waals surface area contributed by atoms with E-state index in [9.17, 15) is 4.79 Å². The standard InChI is InChI=1S/C10H17N3O.BrH/c1-4-13(5-2)10(14)8-12-7-6-11(3)9-12;/h6-7H,4-5,8H2,1-3H3;1H/q+1;/p-1. The van der Waals surface area contributed by atoms with Gasteiger partial charge in [-0.3, -0.25) is 4.79 Å². The van der Waals surface area contributed by atoms with Crippen molar-refractivity contribution in [1.29, 1.82) is 0 Å². The van der Waals surface area contributed by atoms with Gasteiger partial charge in [0.15, 0.2) is 0 Å². The van der Waals surface area contributed by atoms with Crippen LogP contribution in [-0.4, -0.2) is 47.3 Å². The first-order valence-electron chi connectivity index (χ1n) is 4.89. The lowest BCUT2D eigenvalue weighted by Gasteiger charge is -2.18. The van der Waals surface area contributed by atoms with Crippen molar-refractivity contribution in [1.82, 2.24) is 14.7 Å². The highest BCUT2D eigenvalue weighted by molar-refractivity contribution is 5.78. The van der Waals surface area contributed by atoms with E-state index in [4.69, 9.17) is 0 Å². The lowest BCUT2D eigenvalue weighted by atomic mass is 10.4. The summed E-state index contributed by atoms with van der Waals surface area (Å²) >= 11 is 0. The molecule has 0 aromatic rings. The molecule has 0 aliphatic carbocycles. The average Bonchev–Trinajstić information content (AvgIpc) is 2.53. The maximum Gasteiger partial charge on any atom is 0.564 e. The predicted octanol–water partition coefficient (Wildman–Crippen LogP) is -2.43. The first-order valence-corrected chi connectivity index (χ1v) is 4.89. The number of halogens is 1. The van der Waals surface area contributed by atoms with Gasteiger partial charge in [-0.1, -0.05) is 0 Å². The van der Waals surface area contributed by atoms with Crippen molar-refractivity contribution in [2.24, 2.45) is 0 Å². The van der Waals surface area contributed by atoms with E-state index in [2.05, 4.69) is 6.67 Å². The molecular formula is C10H17BrN3O. The van der Waals surface area contributed by atoms with E-state index in [1.807, 2.05) is 38.2 Å². The molecule has 0 unspecified atom stereocenters. The molecule has 0 aromatic heterocycles. The van der Waals surface area contributed by atoms with Gasteiger partial charge in [0.2, 0.25) is 5.91 Å². The molecule has 85 valence electrons. The van der Waals surface area contributed by atoms with Crippen molar-refractivity contribution < 1.29 is 21.8 Å². The SMILES string of the molecule is CCN(CC)C(=O)CN1[C+]N(C)C=C1.[Br-]. The second kappa shape index (κ2) is 6.61. The van der Waals surface area contributed by atoms with Crippen LogP contribution in [0.25, 0.3) is 0 Å². The molecule has 0 aromatic carbocycles. The fraction of sp³-hybridized carbons (Fsp3) is 0.600. The number of carbonyl (C=O) groups excluding carboxylic acids is 1. The van der Waals surface area contributed by atoms with Crippen molar-refractivity contribution in [2.75, 3.05) is 26.7 Å². The van der Waals surface area contributed by atoms with Gasteiger partial charge >= 0.3 is 6.67 Å². The minimum Gasteiger partial charge on any atom is -1.00 e. The first kappa shape index (κ1) is 14.2. The highest BCUT2D eigenvalue weighted by Gasteiger charge is 2.30. The second-order valence-electron chi connectivity index (χ2n) is 3.20. The molecule has 0 spiro atoms. The summed E-state index contributed by atoms with van der Waals surface area (Å²) < 4.78 is 0. The molecule has 0 saturated heterocycles. The van der Waals surface area contributed by atoms with Gasteiger partial charge in [-0.05, 0) is 13.8 Å². The van der Waals surface area contributed by atoms with Gasteiger partial charge in [0.05, 0.1) is 19.4 Å². The molecule has 15 heavy (non-hydrogen) atoms. The van der Waals surface area contributed by atoms with Gasteiger partial charge in [0, 0.05) is 13.1 Å². The van der Waals surface area contributed by atoms with Gasteiger partial charge in [-0.2, -0.15) is 0 Å². The Balaban J connectivity index is 0.00000196. The number of nitrogens with zero attached hydrogens (tertiary/aromatic N) is 3. The summed E-state index contributed by atoms with van der Waals surface area (Å²) in [5.41, 5.74) is 0. The van der Waals surface area contributed by atoms with Crippen molar-refractivity contribution in [3.8, 4) is 0 Å². The maximum absolute atomic E-state index is 11.7. The average molecular weight is 275 g/mol. The number of rotatable bonds is 4. The van der Waals surface area contributed by atoms with Crippen LogP contribution >= 0.6 is 0 Å². The number of hydrogen-bond acceptors (Lipinski definition) is 3.